The Hall–Kier alpha value is -2.61. The smallest absolute Gasteiger partial charge is 0.289 e. The van der Waals surface area contributed by atoms with Crippen LogP contribution in [0, 0.1) is 0 Å². The first-order valence-electron chi connectivity index (χ1n) is 9.06. The first kappa shape index (κ1) is 16.8. The number of aromatic nitrogens is 2. The molecule has 1 amide bonds. The summed E-state index contributed by atoms with van der Waals surface area (Å²) in [6.45, 7) is 4.25. The molecule has 1 atom stereocenters. The van der Waals surface area contributed by atoms with Crippen LogP contribution in [0.15, 0.2) is 35.1 Å². The molecule has 4 heterocycles. The van der Waals surface area contributed by atoms with E-state index >= 15 is 0 Å². The van der Waals surface area contributed by atoms with Gasteiger partial charge in [0.15, 0.2) is 5.76 Å². The molecule has 2 aliphatic heterocycles. The van der Waals surface area contributed by atoms with Crippen LogP contribution in [0.3, 0.4) is 0 Å². The number of amides is 1. The van der Waals surface area contributed by atoms with Crippen molar-refractivity contribution in [2.24, 2.45) is 0 Å². The third kappa shape index (κ3) is 3.80. The van der Waals surface area contributed by atoms with Gasteiger partial charge < -0.3 is 24.3 Å². The summed E-state index contributed by atoms with van der Waals surface area (Å²) in [6, 6.07) is 5.29. The number of ether oxygens (including phenoxy) is 1. The molecule has 2 fully saturated rings. The molecule has 8 nitrogen and oxygen atoms in total. The molecule has 0 saturated carbocycles. The first-order chi connectivity index (χ1) is 12.8. The second kappa shape index (κ2) is 7.74. The van der Waals surface area contributed by atoms with Crippen molar-refractivity contribution in [3.05, 3.63) is 36.4 Å². The maximum absolute atomic E-state index is 12.3. The molecule has 1 unspecified atom stereocenters. The highest BCUT2D eigenvalue weighted by molar-refractivity contribution is 5.91. The van der Waals surface area contributed by atoms with Crippen molar-refractivity contribution in [2.75, 3.05) is 49.5 Å². The predicted molar refractivity (Wildman–Crippen MR) is 96.3 cm³/mol. The number of piperazine rings is 1. The molecule has 4 rings (SSSR count). The van der Waals surface area contributed by atoms with Crippen LogP contribution in [0.25, 0.3) is 0 Å². The molecule has 8 heteroatoms. The third-order valence-electron chi connectivity index (χ3n) is 4.76. The number of hydrogen-bond donors (Lipinski definition) is 1. The van der Waals surface area contributed by atoms with Crippen molar-refractivity contribution in [1.82, 2.24) is 14.9 Å². The van der Waals surface area contributed by atoms with Gasteiger partial charge in [0.1, 0.15) is 5.82 Å². The number of nitrogens with zero attached hydrogens (tertiary/aromatic N) is 4. The predicted octanol–water partition coefficient (Wildman–Crippen LogP) is 1.62. The van der Waals surface area contributed by atoms with E-state index in [1.807, 2.05) is 6.07 Å². The topological polar surface area (TPSA) is 83.7 Å². The number of carbonyl (C=O) groups is 1. The Morgan fingerprint density at radius 3 is 2.88 bits per heavy atom. The first-order valence-corrected chi connectivity index (χ1v) is 9.06. The molecule has 0 bridgehead atoms. The van der Waals surface area contributed by atoms with E-state index < -0.39 is 0 Å². The zero-order valence-corrected chi connectivity index (χ0v) is 14.6. The number of anilines is 2. The van der Waals surface area contributed by atoms with Crippen molar-refractivity contribution in [1.29, 1.82) is 0 Å². The van der Waals surface area contributed by atoms with Crippen LogP contribution in [0.4, 0.5) is 11.8 Å². The molecule has 0 aliphatic carbocycles. The van der Waals surface area contributed by atoms with E-state index in [-0.39, 0.29) is 12.0 Å². The Kier molecular flexibility index (Phi) is 5.01. The van der Waals surface area contributed by atoms with Crippen LogP contribution in [-0.2, 0) is 4.74 Å². The third-order valence-corrected chi connectivity index (χ3v) is 4.76. The average Bonchev–Trinajstić information content (AvgIpc) is 3.40. The van der Waals surface area contributed by atoms with E-state index in [9.17, 15) is 4.79 Å². The summed E-state index contributed by atoms with van der Waals surface area (Å²) >= 11 is 0. The van der Waals surface area contributed by atoms with Crippen LogP contribution in [0.5, 0.6) is 0 Å². The van der Waals surface area contributed by atoms with Crippen molar-refractivity contribution in [3.8, 4) is 0 Å². The summed E-state index contributed by atoms with van der Waals surface area (Å²) in [5, 5.41) is 3.33. The quantitative estimate of drug-likeness (QED) is 0.870. The second-order valence-electron chi connectivity index (χ2n) is 6.51. The van der Waals surface area contributed by atoms with E-state index in [4.69, 9.17) is 9.15 Å². The van der Waals surface area contributed by atoms with Gasteiger partial charge in [0.2, 0.25) is 5.95 Å². The van der Waals surface area contributed by atoms with Crippen molar-refractivity contribution in [3.63, 3.8) is 0 Å². The second-order valence-corrected chi connectivity index (χ2v) is 6.51. The number of carbonyl (C=O) groups excluding carboxylic acids is 1. The minimum absolute atomic E-state index is 0.0671. The molecule has 2 aromatic rings. The van der Waals surface area contributed by atoms with E-state index in [0.29, 0.717) is 37.9 Å². The Bertz CT molecular complexity index is 722. The zero-order chi connectivity index (χ0) is 17.8. The van der Waals surface area contributed by atoms with Gasteiger partial charge in [0, 0.05) is 45.5 Å². The largest absolute Gasteiger partial charge is 0.459 e. The number of nitrogens with one attached hydrogen (secondary N) is 1. The maximum Gasteiger partial charge on any atom is 0.289 e. The Morgan fingerprint density at radius 2 is 2.15 bits per heavy atom. The van der Waals surface area contributed by atoms with Crippen LogP contribution >= 0.6 is 0 Å². The van der Waals surface area contributed by atoms with Gasteiger partial charge in [0.05, 0.1) is 12.4 Å². The lowest BCUT2D eigenvalue weighted by atomic mass is 10.2. The van der Waals surface area contributed by atoms with E-state index in [1.165, 1.54) is 6.26 Å². The van der Waals surface area contributed by atoms with Crippen LogP contribution in [-0.4, -0.2) is 66.2 Å². The van der Waals surface area contributed by atoms with Gasteiger partial charge in [-0.2, -0.15) is 4.98 Å². The van der Waals surface area contributed by atoms with Crippen LogP contribution in [0.1, 0.15) is 23.4 Å². The summed E-state index contributed by atoms with van der Waals surface area (Å²) in [4.78, 5) is 25.2. The molecule has 2 aliphatic rings. The molecule has 26 heavy (non-hydrogen) atoms. The van der Waals surface area contributed by atoms with Crippen molar-refractivity contribution in [2.45, 2.75) is 18.9 Å². The molecule has 0 radical (unpaired) electrons. The average molecular weight is 357 g/mol. The molecule has 0 spiro atoms. The monoisotopic (exact) mass is 357 g/mol. The zero-order valence-electron chi connectivity index (χ0n) is 14.6. The van der Waals surface area contributed by atoms with E-state index in [1.54, 1.807) is 23.2 Å². The van der Waals surface area contributed by atoms with E-state index in [0.717, 1.165) is 31.8 Å². The summed E-state index contributed by atoms with van der Waals surface area (Å²) in [7, 11) is 0. The van der Waals surface area contributed by atoms with Crippen molar-refractivity contribution < 1.29 is 13.9 Å². The lowest BCUT2D eigenvalue weighted by Gasteiger charge is -2.34. The maximum atomic E-state index is 12.3. The van der Waals surface area contributed by atoms with Gasteiger partial charge in [-0.15, -0.1) is 0 Å². The molecular weight excluding hydrogens is 334 g/mol. The fourth-order valence-corrected chi connectivity index (χ4v) is 3.29. The molecule has 138 valence electrons. The number of hydrogen-bond acceptors (Lipinski definition) is 7. The Balaban J connectivity index is 1.32. The summed E-state index contributed by atoms with van der Waals surface area (Å²) in [5.74, 6) is 1.81. The SMILES string of the molecule is O=C(c1ccco1)N1CCN(c2nccc(NCC3CCCO3)n2)CC1. The fraction of sp³-hybridized carbons (Fsp3) is 0.500. The molecule has 2 saturated heterocycles. The van der Waals surface area contributed by atoms with Crippen LogP contribution in [0.2, 0.25) is 0 Å². The van der Waals surface area contributed by atoms with Crippen LogP contribution < -0.4 is 10.2 Å². The summed E-state index contributed by atoms with van der Waals surface area (Å²) in [6.07, 6.45) is 5.77. The standard InChI is InChI=1S/C18H23N5O3/c24-17(15-4-2-12-26-15)22-7-9-23(10-8-22)18-19-6-5-16(21-18)20-13-14-3-1-11-25-14/h2,4-6,12,14H,1,3,7-11,13H2,(H,19,20,21). The lowest BCUT2D eigenvalue weighted by Crippen LogP contribution is -2.49. The van der Waals surface area contributed by atoms with Crippen molar-refractivity contribution >= 4 is 17.7 Å². The molecule has 2 aromatic heterocycles. The highest BCUT2D eigenvalue weighted by Crippen LogP contribution is 2.17. The molecular formula is C18H23N5O3. The number of rotatable bonds is 5. The van der Waals surface area contributed by atoms with E-state index in [2.05, 4.69) is 20.2 Å². The minimum Gasteiger partial charge on any atom is -0.459 e. The lowest BCUT2D eigenvalue weighted by molar-refractivity contribution is 0.0714. The minimum atomic E-state index is -0.0671. The number of furan rings is 1. The van der Waals surface area contributed by atoms with Gasteiger partial charge in [-0.3, -0.25) is 4.79 Å². The van der Waals surface area contributed by atoms with Gasteiger partial charge in [0.25, 0.3) is 5.91 Å². The van der Waals surface area contributed by atoms with Gasteiger partial charge >= 0.3 is 0 Å². The summed E-state index contributed by atoms with van der Waals surface area (Å²) < 4.78 is 10.8. The highest BCUT2D eigenvalue weighted by atomic mass is 16.5. The Morgan fingerprint density at radius 1 is 1.27 bits per heavy atom. The molecule has 1 N–H and O–H groups in total. The van der Waals surface area contributed by atoms with Gasteiger partial charge in [-0.05, 0) is 31.0 Å². The normalized spacial score (nSPS) is 20.4. The molecule has 0 aromatic carbocycles. The summed E-state index contributed by atoms with van der Waals surface area (Å²) in [5.41, 5.74) is 0. The van der Waals surface area contributed by atoms with Gasteiger partial charge in [-0.25, -0.2) is 4.98 Å². The fourth-order valence-electron chi connectivity index (χ4n) is 3.29. The Labute approximate surface area is 152 Å². The van der Waals surface area contributed by atoms with Gasteiger partial charge in [-0.1, -0.05) is 0 Å². The highest BCUT2D eigenvalue weighted by Gasteiger charge is 2.25.